The first kappa shape index (κ1) is 8.40. The molecule has 0 radical (unpaired) electrons. The summed E-state index contributed by atoms with van der Waals surface area (Å²) in [6, 6.07) is 0. The number of nitrogens with zero attached hydrogens (tertiary/aromatic N) is 2. The second kappa shape index (κ2) is 4.15. The van der Waals surface area contributed by atoms with Crippen molar-refractivity contribution in [1.82, 2.24) is 15.3 Å². The maximum Gasteiger partial charge on any atom is 0.180 e. The maximum absolute atomic E-state index is 5.06. The van der Waals surface area contributed by atoms with Gasteiger partial charge in [0.15, 0.2) is 6.39 Å². The van der Waals surface area contributed by atoms with Crippen molar-refractivity contribution in [3.8, 4) is 0 Å². The molecule has 2 rings (SSSR count). The second-order valence-corrected chi connectivity index (χ2v) is 3.27. The molecule has 0 saturated heterocycles. The van der Waals surface area contributed by atoms with E-state index in [9.17, 15) is 0 Å². The molecule has 0 aliphatic rings. The van der Waals surface area contributed by atoms with Gasteiger partial charge in [-0.05, 0) is 0 Å². The molecular formula is C8H9N3OS. The second-order valence-electron chi connectivity index (χ2n) is 2.55. The maximum atomic E-state index is 5.06. The molecule has 0 fully saturated rings. The SMILES string of the molecule is c1ncc(CNCc2cscn2)o1. The molecule has 0 bridgehead atoms. The van der Waals surface area contributed by atoms with Gasteiger partial charge in [0.1, 0.15) is 5.76 Å². The van der Waals surface area contributed by atoms with Crippen LogP contribution in [0.25, 0.3) is 0 Å². The molecular weight excluding hydrogens is 186 g/mol. The molecule has 1 N–H and O–H groups in total. The summed E-state index contributed by atoms with van der Waals surface area (Å²) in [7, 11) is 0. The van der Waals surface area contributed by atoms with Gasteiger partial charge in [-0.2, -0.15) is 0 Å². The molecule has 4 nitrogen and oxygen atoms in total. The van der Waals surface area contributed by atoms with E-state index < -0.39 is 0 Å². The summed E-state index contributed by atoms with van der Waals surface area (Å²) in [5, 5.41) is 5.22. The molecule has 13 heavy (non-hydrogen) atoms. The Hall–Kier alpha value is -1.20. The van der Waals surface area contributed by atoms with E-state index in [0.717, 1.165) is 18.0 Å². The molecule has 2 heterocycles. The lowest BCUT2D eigenvalue weighted by atomic mass is 10.4. The van der Waals surface area contributed by atoms with E-state index in [0.29, 0.717) is 6.54 Å². The number of thiazole rings is 1. The summed E-state index contributed by atoms with van der Waals surface area (Å²) in [5.41, 5.74) is 2.88. The Bertz CT molecular complexity index is 296. The summed E-state index contributed by atoms with van der Waals surface area (Å²) < 4.78 is 5.06. The number of hydrogen-bond donors (Lipinski definition) is 1. The molecule has 2 aromatic rings. The number of nitrogens with one attached hydrogen (secondary N) is 1. The molecule has 0 saturated carbocycles. The number of oxazole rings is 1. The highest BCUT2D eigenvalue weighted by molar-refractivity contribution is 7.07. The molecule has 2 aromatic heterocycles. The van der Waals surface area contributed by atoms with Crippen molar-refractivity contribution in [2.24, 2.45) is 0 Å². The topological polar surface area (TPSA) is 51.0 Å². The van der Waals surface area contributed by atoms with E-state index in [1.807, 2.05) is 10.9 Å². The van der Waals surface area contributed by atoms with Crippen LogP contribution >= 0.6 is 11.3 Å². The molecule has 0 unspecified atom stereocenters. The molecule has 0 atom stereocenters. The minimum atomic E-state index is 0.692. The van der Waals surface area contributed by atoms with Crippen LogP contribution in [0.5, 0.6) is 0 Å². The summed E-state index contributed by atoms with van der Waals surface area (Å²) >= 11 is 1.60. The number of rotatable bonds is 4. The fraction of sp³-hybridized carbons (Fsp3) is 0.250. The van der Waals surface area contributed by atoms with E-state index in [1.165, 1.54) is 6.39 Å². The average molecular weight is 195 g/mol. The van der Waals surface area contributed by atoms with Gasteiger partial charge in [-0.25, -0.2) is 9.97 Å². The van der Waals surface area contributed by atoms with Crippen molar-refractivity contribution in [1.29, 1.82) is 0 Å². The molecule has 68 valence electrons. The zero-order chi connectivity index (χ0) is 8.93. The van der Waals surface area contributed by atoms with Crippen LogP contribution in [0.4, 0.5) is 0 Å². The van der Waals surface area contributed by atoms with Gasteiger partial charge >= 0.3 is 0 Å². The number of hydrogen-bond acceptors (Lipinski definition) is 5. The minimum absolute atomic E-state index is 0.692. The molecule has 0 amide bonds. The first-order valence-electron chi connectivity index (χ1n) is 3.90. The quantitative estimate of drug-likeness (QED) is 0.801. The van der Waals surface area contributed by atoms with E-state index in [1.54, 1.807) is 17.5 Å². The normalized spacial score (nSPS) is 10.5. The zero-order valence-corrected chi connectivity index (χ0v) is 7.75. The van der Waals surface area contributed by atoms with Gasteiger partial charge in [-0.3, -0.25) is 0 Å². The van der Waals surface area contributed by atoms with Crippen LogP contribution in [-0.2, 0) is 13.1 Å². The van der Waals surface area contributed by atoms with Crippen LogP contribution < -0.4 is 5.32 Å². The lowest BCUT2D eigenvalue weighted by Crippen LogP contribution is -2.12. The molecule has 5 heteroatoms. The van der Waals surface area contributed by atoms with E-state index in [-0.39, 0.29) is 0 Å². The van der Waals surface area contributed by atoms with Crippen molar-refractivity contribution in [3.05, 3.63) is 34.9 Å². The van der Waals surface area contributed by atoms with Crippen LogP contribution in [0.1, 0.15) is 11.5 Å². The largest absolute Gasteiger partial charge is 0.447 e. The third-order valence-corrected chi connectivity index (χ3v) is 2.21. The zero-order valence-electron chi connectivity index (χ0n) is 6.93. The van der Waals surface area contributed by atoms with Gasteiger partial charge in [0.05, 0.1) is 23.9 Å². The summed E-state index contributed by atoms with van der Waals surface area (Å²) in [5.74, 6) is 0.843. The predicted molar refractivity (Wildman–Crippen MR) is 49.2 cm³/mol. The van der Waals surface area contributed by atoms with Crippen molar-refractivity contribution in [3.63, 3.8) is 0 Å². The van der Waals surface area contributed by atoms with Gasteiger partial charge in [0.25, 0.3) is 0 Å². The number of aromatic nitrogens is 2. The fourth-order valence-corrected chi connectivity index (χ4v) is 1.53. The molecule has 0 aliphatic heterocycles. The highest BCUT2D eigenvalue weighted by Crippen LogP contribution is 2.01. The lowest BCUT2D eigenvalue weighted by molar-refractivity contribution is 0.478. The van der Waals surface area contributed by atoms with Gasteiger partial charge in [0, 0.05) is 11.9 Å². The summed E-state index contributed by atoms with van der Waals surface area (Å²) in [6.07, 6.45) is 3.13. The van der Waals surface area contributed by atoms with Crippen LogP contribution in [0.2, 0.25) is 0 Å². The third kappa shape index (κ3) is 2.37. The van der Waals surface area contributed by atoms with Crippen LogP contribution in [0, 0.1) is 0 Å². The average Bonchev–Trinajstić information content (AvgIpc) is 2.75. The Morgan fingerprint density at radius 2 is 2.46 bits per heavy atom. The van der Waals surface area contributed by atoms with Gasteiger partial charge in [0.2, 0.25) is 0 Å². The smallest absolute Gasteiger partial charge is 0.180 e. The Kier molecular flexibility index (Phi) is 2.68. The van der Waals surface area contributed by atoms with Gasteiger partial charge < -0.3 is 9.73 Å². The molecule has 0 spiro atoms. The standard InChI is InChI=1S/C8H9N3OS/c1(7-4-13-6-11-7)9-2-8-3-10-5-12-8/h3-6,9H,1-2H2. The van der Waals surface area contributed by atoms with E-state index in [2.05, 4.69) is 15.3 Å². The Morgan fingerprint density at radius 3 is 3.15 bits per heavy atom. The van der Waals surface area contributed by atoms with E-state index >= 15 is 0 Å². The van der Waals surface area contributed by atoms with E-state index in [4.69, 9.17) is 4.42 Å². The summed E-state index contributed by atoms with van der Waals surface area (Å²) in [6.45, 7) is 1.46. The Morgan fingerprint density at radius 1 is 1.46 bits per heavy atom. The van der Waals surface area contributed by atoms with Crippen LogP contribution in [-0.4, -0.2) is 9.97 Å². The first-order valence-corrected chi connectivity index (χ1v) is 4.84. The Labute approximate surface area is 79.6 Å². The van der Waals surface area contributed by atoms with Crippen molar-refractivity contribution >= 4 is 11.3 Å². The van der Waals surface area contributed by atoms with Crippen LogP contribution in [0.3, 0.4) is 0 Å². The lowest BCUT2D eigenvalue weighted by Gasteiger charge is -1.97. The van der Waals surface area contributed by atoms with Crippen LogP contribution in [0.15, 0.2) is 27.9 Å². The van der Waals surface area contributed by atoms with Gasteiger partial charge in [-0.1, -0.05) is 0 Å². The van der Waals surface area contributed by atoms with Gasteiger partial charge in [-0.15, -0.1) is 11.3 Å². The molecule has 0 aromatic carbocycles. The third-order valence-electron chi connectivity index (χ3n) is 1.57. The first-order chi connectivity index (χ1) is 6.45. The highest BCUT2D eigenvalue weighted by atomic mass is 32.1. The fourth-order valence-electron chi connectivity index (χ4n) is 0.968. The predicted octanol–water partition coefficient (Wildman–Crippen LogP) is 1.42. The van der Waals surface area contributed by atoms with Crippen molar-refractivity contribution in [2.75, 3.05) is 0 Å². The monoisotopic (exact) mass is 195 g/mol. The summed E-state index contributed by atoms with van der Waals surface area (Å²) in [4.78, 5) is 7.96. The Balaban J connectivity index is 1.76. The van der Waals surface area contributed by atoms with Crippen molar-refractivity contribution < 1.29 is 4.42 Å². The minimum Gasteiger partial charge on any atom is -0.447 e. The highest BCUT2D eigenvalue weighted by Gasteiger charge is 1.97. The molecule has 0 aliphatic carbocycles. The van der Waals surface area contributed by atoms with Crippen molar-refractivity contribution in [2.45, 2.75) is 13.1 Å².